The molecule has 2 aliphatic heterocycles. The van der Waals surface area contributed by atoms with Crippen molar-refractivity contribution in [3.8, 4) is 27.9 Å². The van der Waals surface area contributed by atoms with Crippen molar-refractivity contribution in [2.24, 2.45) is 0 Å². The summed E-state index contributed by atoms with van der Waals surface area (Å²) in [5.41, 5.74) is 21.5. The van der Waals surface area contributed by atoms with Crippen LogP contribution in [0.15, 0.2) is 133 Å². The van der Waals surface area contributed by atoms with Crippen molar-refractivity contribution in [1.29, 1.82) is 0 Å². The van der Waals surface area contributed by atoms with Gasteiger partial charge in [0.2, 0.25) is 0 Å². The number of hydrogen-bond donors (Lipinski definition) is 0. The molecule has 0 amide bonds. The highest BCUT2D eigenvalue weighted by Crippen LogP contribution is 2.56. The zero-order valence-corrected chi connectivity index (χ0v) is 42.6. The Kier molecular flexibility index (Phi) is 7.90. The summed E-state index contributed by atoms with van der Waals surface area (Å²) in [4.78, 5) is 2.76. The molecule has 14 rings (SSSR count). The van der Waals surface area contributed by atoms with Crippen molar-refractivity contribution in [2.45, 2.75) is 97.8 Å². The number of aromatic nitrogens is 1. The van der Waals surface area contributed by atoms with Crippen LogP contribution in [0.1, 0.15) is 104 Å². The molecule has 3 aliphatic rings. The summed E-state index contributed by atoms with van der Waals surface area (Å²) in [5, 5.41) is 8.18. The van der Waals surface area contributed by atoms with Crippen LogP contribution in [0.25, 0.3) is 90.1 Å². The second-order valence-electron chi connectivity index (χ2n) is 23.8. The number of fused-ring (bicyclic) bond motifs is 19. The molecule has 0 bridgehead atoms. The van der Waals surface area contributed by atoms with E-state index in [0.717, 1.165) is 0 Å². The summed E-state index contributed by atoms with van der Waals surface area (Å²) in [6, 6.07) is 53.0. The van der Waals surface area contributed by atoms with E-state index >= 15 is 0 Å². The van der Waals surface area contributed by atoms with Crippen LogP contribution in [-0.2, 0) is 21.7 Å². The topological polar surface area (TPSA) is 8.17 Å². The van der Waals surface area contributed by atoms with Gasteiger partial charge in [-0.15, -0.1) is 22.7 Å². The summed E-state index contributed by atoms with van der Waals surface area (Å²) in [7, 11) is 0. The van der Waals surface area contributed by atoms with Crippen LogP contribution >= 0.6 is 22.7 Å². The molecule has 0 N–H and O–H groups in total. The van der Waals surface area contributed by atoms with Crippen LogP contribution < -0.4 is 15.7 Å². The monoisotopic (exact) mass is 914 g/mol. The Morgan fingerprint density at radius 1 is 0.485 bits per heavy atom. The van der Waals surface area contributed by atoms with E-state index in [1.54, 1.807) is 0 Å². The second-order valence-corrected chi connectivity index (χ2v) is 25.9. The summed E-state index contributed by atoms with van der Waals surface area (Å²) in [5.74, 6) is 0. The molecule has 3 aromatic heterocycles. The van der Waals surface area contributed by atoms with Crippen LogP contribution in [0.5, 0.6) is 0 Å². The van der Waals surface area contributed by atoms with E-state index in [1.165, 1.54) is 140 Å². The minimum absolute atomic E-state index is 0.00836. The lowest BCUT2D eigenvalue weighted by atomic mass is 9.43. The minimum Gasteiger partial charge on any atom is -0.376 e. The molecule has 0 saturated carbocycles. The van der Waals surface area contributed by atoms with Gasteiger partial charge >= 0.3 is 6.85 Å². The smallest absolute Gasteiger partial charge is 0.333 e. The molecule has 2 nitrogen and oxygen atoms in total. The highest BCUT2D eigenvalue weighted by Gasteiger charge is 2.48. The maximum absolute atomic E-state index is 2.76. The lowest BCUT2D eigenvalue weighted by Gasteiger charge is -2.43. The van der Waals surface area contributed by atoms with Gasteiger partial charge in [0, 0.05) is 79.2 Å². The Hall–Kier alpha value is -6.14. The zero-order valence-electron chi connectivity index (χ0n) is 41.0. The van der Waals surface area contributed by atoms with E-state index in [4.69, 9.17) is 0 Å². The van der Waals surface area contributed by atoms with Crippen LogP contribution in [0.2, 0.25) is 0 Å². The Morgan fingerprint density at radius 3 is 1.88 bits per heavy atom. The molecule has 0 unspecified atom stereocenters. The van der Waals surface area contributed by atoms with Gasteiger partial charge < -0.3 is 9.38 Å². The predicted molar refractivity (Wildman–Crippen MR) is 299 cm³/mol. The second kappa shape index (κ2) is 13.1. The minimum atomic E-state index is -0.150. The third-order valence-corrected chi connectivity index (χ3v) is 18.5. The van der Waals surface area contributed by atoms with Crippen molar-refractivity contribution in [3.05, 3.63) is 161 Å². The molecule has 5 heterocycles. The van der Waals surface area contributed by atoms with Crippen LogP contribution in [-0.4, -0.2) is 11.4 Å². The third-order valence-electron chi connectivity index (χ3n) is 16.2. The van der Waals surface area contributed by atoms with E-state index in [0.29, 0.717) is 0 Å². The van der Waals surface area contributed by atoms with Crippen molar-refractivity contribution >= 4 is 114 Å². The maximum Gasteiger partial charge on any atom is 0.333 e. The van der Waals surface area contributed by atoms with Gasteiger partial charge in [-0.1, -0.05) is 149 Å². The van der Waals surface area contributed by atoms with E-state index in [9.17, 15) is 0 Å². The number of benzene rings is 8. The first-order chi connectivity index (χ1) is 32.4. The quantitative estimate of drug-likeness (QED) is 0.149. The Bertz CT molecular complexity index is 4060. The molecule has 0 saturated heterocycles. The summed E-state index contributed by atoms with van der Waals surface area (Å²) >= 11 is 3.93. The maximum atomic E-state index is 2.76. The van der Waals surface area contributed by atoms with Gasteiger partial charge in [0.25, 0.3) is 0 Å². The largest absolute Gasteiger partial charge is 0.376 e. The van der Waals surface area contributed by atoms with E-state index < -0.39 is 0 Å². The van der Waals surface area contributed by atoms with Crippen molar-refractivity contribution < 1.29 is 0 Å². The third kappa shape index (κ3) is 5.30. The molecule has 332 valence electrons. The van der Waals surface area contributed by atoms with Crippen molar-refractivity contribution in [2.75, 3.05) is 4.81 Å². The molecule has 0 fully saturated rings. The summed E-state index contributed by atoms with van der Waals surface area (Å²) in [6.45, 7) is 25.8. The fourth-order valence-electron chi connectivity index (χ4n) is 12.6. The van der Waals surface area contributed by atoms with E-state index in [-0.39, 0.29) is 28.5 Å². The standard InChI is InChI=1S/C63H55BN2S2/c1-60(2,3)34-20-24-37(25-21-34)66-49-31-42-41-28-36(62(7,8)9)23-27-52(41)67-53(42)32-44(49)54-55-39-17-13-15-19-51(39)68-59(55)56-43-29-35(61(4,5)6)22-26-48(43)65-50-33-46-40(30-47(50)64(66)57(54)58(56)65)38-16-12-14-18-45(38)63(46,10)11/h12-33H,1-11H3. The number of anilines is 2. The number of rotatable bonds is 1. The first-order valence-electron chi connectivity index (χ1n) is 24.5. The lowest BCUT2D eigenvalue weighted by molar-refractivity contribution is 0.590. The first-order valence-corrected chi connectivity index (χ1v) is 26.2. The molecule has 68 heavy (non-hydrogen) atoms. The van der Waals surface area contributed by atoms with Gasteiger partial charge in [-0.3, -0.25) is 0 Å². The predicted octanol–water partition coefficient (Wildman–Crippen LogP) is 17.0. The molecule has 0 atom stereocenters. The lowest BCUT2D eigenvalue weighted by Crippen LogP contribution is -2.60. The molecule has 5 heteroatoms. The molecule has 0 radical (unpaired) electrons. The highest BCUT2D eigenvalue weighted by atomic mass is 32.1. The molecule has 0 spiro atoms. The highest BCUT2D eigenvalue weighted by molar-refractivity contribution is 7.27. The zero-order chi connectivity index (χ0) is 46.7. The number of thiophene rings is 2. The van der Waals surface area contributed by atoms with Crippen molar-refractivity contribution in [1.82, 2.24) is 4.57 Å². The number of hydrogen-bond acceptors (Lipinski definition) is 3. The van der Waals surface area contributed by atoms with Crippen LogP contribution in [0.4, 0.5) is 11.4 Å². The molecule has 11 aromatic rings. The Morgan fingerprint density at radius 2 is 1.13 bits per heavy atom. The number of nitrogens with zero attached hydrogens (tertiary/aromatic N) is 2. The molecular formula is C63H55BN2S2. The van der Waals surface area contributed by atoms with Crippen LogP contribution in [0, 0.1) is 0 Å². The fourth-order valence-corrected chi connectivity index (χ4v) is 15.0. The van der Waals surface area contributed by atoms with Gasteiger partial charge in [-0.2, -0.15) is 0 Å². The normalized spacial score (nSPS) is 15.0. The summed E-state index contributed by atoms with van der Waals surface area (Å²) < 4.78 is 8.13. The Labute approximate surface area is 408 Å². The van der Waals surface area contributed by atoms with Gasteiger partial charge in [0.05, 0.1) is 11.0 Å². The average molecular weight is 915 g/mol. The van der Waals surface area contributed by atoms with Crippen molar-refractivity contribution in [3.63, 3.8) is 0 Å². The molecular weight excluding hydrogens is 860 g/mol. The van der Waals surface area contributed by atoms with E-state index in [2.05, 4.69) is 219 Å². The Balaban J connectivity index is 1.22. The van der Waals surface area contributed by atoms with Gasteiger partial charge in [0.1, 0.15) is 0 Å². The average Bonchev–Trinajstić information content (AvgIpc) is 4.03. The van der Waals surface area contributed by atoms with Gasteiger partial charge in [-0.05, 0) is 132 Å². The first kappa shape index (κ1) is 40.9. The van der Waals surface area contributed by atoms with E-state index in [1.807, 2.05) is 22.7 Å². The molecule has 1 aliphatic carbocycles. The molecule has 8 aromatic carbocycles. The van der Waals surface area contributed by atoms with Crippen LogP contribution in [0.3, 0.4) is 0 Å². The SMILES string of the molecule is CC(C)(C)c1ccc(N2B3c4cc5c(cc4-n4c6ccc(C(C)(C)C)cc6c6c7sc8ccccc8c7c(c3c64)-c3cc4sc6ccc(C(C)(C)C)cc6c4cc32)C(C)(C)c2ccccc2-5)cc1. The summed E-state index contributed by atoms with van der Waals surface area (Å²) in [6.07, 6.45) is 0. The van der Waals surface area contributed by atoms with Gasteiger partial charge in [-0.25, -0.2) is 0 Å². The fraction of sp³-hybridized carbons (Fsp3) is 0.238. The van der Waals surface area contributed by atoms with Gasteiger partial charge in [0.15, 0.2) is 0 Å².